The molecule has 0 aliphatic heterocycles. The molecule has 0 saturated heterocycles. The molecule has 0 radical (unpaired) electrons. The third-order valence-electron chi connectivity index (χ3n) is 5.54. The Kier molecular flexibility index (Phi) is 6.12. The van der Waals surface area contributed by atoms with Gasteiger partial charge in [-0.3, -0.25) is 10.1 Å². The highest BCUT2D eigenvalue weighted by Gasteiger charge is 2.26. The molecule has 29 heavy (non-hydrogen) atoms. The average Bonchev–Trinajstić information content (AvgIpc) is 2.78. The maximum Gasteiger partial charge on any atom is 0.251 e. The zero-order valence-corrected chi connectivity index (χ0v) is 16.3. The Morgan fingerprint density at radius 1 is 1.07 bits per heavy atom. The van der Waals surface area contributed by atoms with E-state index in [9.17, 15) is 9.90 Å². The predicted octanol–water partition coefficient (Wildman–Crippen LogP) is 3.34. The minimum atomic E-state index is -0.868. The van der Waals surface area contributed by atoms with Crippen LogP contribution in [0, 0.1) is 0 Å². The number of aromatic nitrogens is 2. The van der Waals surface area contributed by atoms with Crippen LogP contribution >= 0.6 is 0 Å². The second-order valence-corrected chi connectivity index (χ2v) is 7.60. The van der Waals surface area contributed by atoms with E-state index in [1.807, 2.05) is 36.4 Å². The number of nitrogens with zero attached hydrogens (tertiary/aromatic N) is 2. The molecule has 1 saturated carbocycles. The number of amides is 1. The van der Waals surface area contributed by atoms with Crippen molar-refractivity contribution >= 4 is 16.8 Å². The Morgan fingerprint density at radius 2 is 1.86 bits per heavy atom. The van der Waals surface area contributed by atoms with Crippen molar-refractivity contribution in [3.8, 4) is 0 Å². The van der Waals surface area contributed by atoms with Gasteiger partial charge in [-0.05, 0) is 30.5 Å². The maximum atomic E-state index is 13.0. The van der Waals surface area contributed by atoms with E-state index in [1.165, 1.54) is 25.6 Å². The minimum absolute atomic E-state index is 0.246. The Bertz CT molecular complexity index is 957. The summed E-state index contributed by atoms with van der Waals surface area (Å²) in [5.41, 5.74) is 2.08. The second-order valence-electron chi connectivity index (χ2n) is 7.60. The van der Waals surface area contributed by atoms with Crippen molar-refractivity contribution in [1.82, 2.24) is 20.6 Å². The number of fused-ring (bicyclic) bond motifs is 1. The van der Waals surface area contributed by atoms with Gasteiger partial charge in [-0.1, -0.05) is 55.7 Å². The van der Waals surface area contributed by atoms with E-state index in [1.54, 1.807) is 18.3 Å². The summed E-state index contributed by atoms with van der Waals surface area (Å²) in [4.78, 5) is 21.2. The van der Waals surface area contributed by atoms with E-state index in [0.29, 0.717) is 11.1 Å². The van der Waals surface area contributed by atoms with Crippen molar-refractivity contribution in [3.05, 3.63) is 72.2 Å². The molecule has 1 unspecified atom stereocenters. The van der Waals surface area contributed by atoms with Gasteiger partial charge in [-0.15, -0.1) is 0 Å². The fourth-order valence-electron chi connectivity index (χ4n) is 3.95. The molecule has 1 heterocycles. The van der Waals surface area contributed by atoms with Crippen LogP contribution in [0.15, 0.2) is 61.1 Å². The SMILES string of the molecule is O=C(N[C@@H](c1ccccc1)C(O)NC1CCCCC1)c1ccc2cncnc2c1. The van der Waals surface area contributed by atoms with Gasteiger partial charge in [0.15, 0.2) is 0 Å². The summed E-state index contributed by atoms with van der Waals surface area (Å²) in [5, 5.41) is 18.1. The average molecular weight is 390 g/mol. The summed E-state index contributed by atoms with van der Waals surface area (Å²) in [6.07, 6.45) is 8.01. The third kappa shape index (κ3) is 4.78. The smallest absolute Gasteiger partial charge is 0.251 e. The number of aliphatic hydroxyl groups excluding tert-OH is 1. The number of rotatable bonds is 6. The quantitative estimate of drug-likeness (QED) is 0.562. The lowest BCUT2D eigenvalue weighted by atomic mass is 9.94. The normalized spacial score (nSPS) is 17.0. The van der Waals surface area contributed by atoms with Crippen LogP contribution in [0.4, 0.5) is 0 Å². The van der Waals surface area contributed by atoms with E-state index in [-0.39, 0.29) is 11.9 Å². The second kappa shape index (κ2) is 9.11. The summed E-state index contributed by atoms with van der Waals surface area (Å²) in [7, 11) is 0. The summed E-state index contributed by atoms with van der Waals surface area (Å²) in [5.74, 6) is -0.246. The van der Waals surface area contributed by atoms with Crippen molar-refractivity contribution < 1.29 is 9.90 Å². The number of benzene rings is 2. The van der Waals surface area contributed by atoms with Crippen LogP contribution < -0.4 is 10.6 Å². The summed E-state index contributed by atoms with van der Waals surface area (Å²) in [6, 6.07) is 14.6. The number of aliphatic hydroxyl groups is 1. The highest BCUT2D eigenvalue weighted by molar-refractivity contribution is 5.97. The molecule has 1 fully saturated rings. The van der Waals surface area contributed by atoms with Gasteiger partial charge in [0.2, 0.25) is 0 Å². The van der Waals surface area contributed by atoms with Gasteiger partial charge in [0, 0.05) is 23.2 Å². The van der Waals surface area contributed by atoms with E-state index in [4.69, 9.17) is 0 Å². The van der Waals surface area contributed by atoms with Crippen molar-refractivity contribution in [2.45, 2.75) is 50.4 Å². The first-order valence-corrected chi connectivity index (χ1v) is 10.2. The van der Waals surface area contributed by atoms with Crippen molar-refractivity contribution in [2.75, 3.05) is 0 Å². The molecule has 3 N–H and O–H groups in total. The summed E-state index contributed by atoms with van der Waals surface area (Å²) in [6.45, 7) is 0. The van der Waals surface area contributed by atoms with Gasteiger partial charge in [0.1, 0.15) is 12.6 Å². The predicted molar refractivity (Wildman–Crippen MR) is 112 cm³/mol. The number of carbonyl (C=O) groups is 1. The Balaban J connectivity index is 1.54. The zero-order valence-electron chi connectivity index (χ0n) is 16.3. The number of nitrogens with one attached hydrogen (secondary N) is 2. The zero-order chi connectivity index (χ0) is 20.1. The molecule has 1 aromatic heterocycles. The monoisotopic (exact) mass is 390 g/mol. The highest BCUT2D eigenvalue weighted by atomic mass is 16.3. The lowest BCUT2D eigenvalue weighted by Crippen LogP contribution is -2.48. The van der Waals surface area contributed by atoms with Crippen LogP contribution in [-0.2, 0) is 0 Å². The largest absolute Gasteiger partial charge is 0.376 e. The first kappa shape index (κ1) is 19.5. The molecule has 6 nitrogen and oxygen atoms in total. The Hall–Kier alpha value is -2.83. The first-order valence-electron chi connectivity index (χ1n) is 10.2. The molecule has 0 bridgehead atoms. The van der Waals surface area contributed by atoms with Gasteiger partial charge in [0.05, 0.1) is 11.6 Å². The topological polar surface area (TPSA) is 87.1 Å². The number of carbonyl (C=O) groups excluding carboxylic acids is 1. The van der Waals surface area contributed by atoms with E-state index in [2.05, 4.69) is 20.6 Å². The molecular weight excluding hydrogens is 364 g/mol. The molecule has 6 heteroatoms. The molecule has 2 aromatic carbocycles. The lowest BCUT2D eigenvalue weighted by molar-refractivity contribution is 0.0636. The molecule has 2 atom stereocenters. The Morgan fingerprint density at radius 3 is 2.66 bits per heavy atom. The molecular formula is C23H26N4O2. The van der Waals surface area contributed by atoms with E-state index in [0.717, 1.165) is 23.8 Å². The minimum Gasteiger partial charge on any atom is -0.376 e. The summed E-state index contributed by atoms with van der Waals surface area (Å²) < 4.78 is 0. The fourth-order valence-corrected chi connectivity index (χ4v) is 3.95. The maximum absolute atomic E-state index is 13.0. The highest BCUT2D eigenvalue weighted by Crippen LogP contribution is 2.22. The fraction of sp³-hybridized carbons (Fsp3) is 0.348. The molecule has 1 aliphatic rings. The molecule has 0 spiro atoms. The van der Waals surface area contributed by atoms with Crippen LogP contribution in [-0.4, -0.2) is 33.3 Å². The van der Waals surface area contributed by atoms with Gasteiger partial charge in [0.25, 0.3) is 5.91 Å². The molecule has 3 aromatic rings. The third-order valence-corrected chi connectivity index (χ3v) is 5.54. The molecule has 1 aliphatic carbocycles. The van der Waals surface area contributed by atoms with Crippen molar-refractivity contribution in [2.24, 2.45) is 0 Å². The van der Waals surface area contributed by atoms with E-state index >= 15 is 0 Å². The van der Waals surface area contributed by atoms with Gasteiger partial charge >= 0.3 is 0 Å². The number of hydrogen-bond donors (Lipinski definition) is 3. The van der Waals surface area contributed by atoms with Crippen LogP contribution in [0.1, 0.15) is 54.1 Å². The van der Waals surface area contributed by atoms with Gasteiger partial charge < -0.3 is 10.4 Å². The van der Waals surface area contributed by atoms with Crippen LogP contribution in [0.25, 0.3) is 10.9 Å². The molecule has 1 amide bonds. The Labute approximate surface area is 170 Å². The molecule has 4 rings (SSSR count). The van der Waals surface area contributed by atoms with Gasteiger partial charge in [-0.2, -0.15) is 0 Å². The van der Waals surface area contributed by atoms with Crippen LogP contribution in [0.3, 0.4) is 0 Å². The van der Waals surface area contributed by atoms with Crippen molar-refractivity contribution in [1.29, 1.82) is 0 Å². The standard InChI is InChI=1S/C23H26N4O2/c28-22(17-11-12-18-14-24-15-25-20(18)13-17)27-21(16-7-3-1-4-8-16)23(29)26-19-9-5-2-6-10-19/h1,3-4,7-8,11-15,19,21,23,26,29H,2,5-6,9-10H2,(H,27,28)/t21-,23?/m0/s1. The molecule has 150 valence electrons. The van der Waals surface area contributed by atoms with Gasteiger partial charge in [-0.25, -0.2) is 9.97 Å². The van der Waals surface area contributed by atoms with Crippen LogP contribution in [0.5, 0.6) is 0 Å². The first-order chi connectivity index (χ1) is 14.2. The lowest BCUT2D eigenvalue weighted by Gasteiger charge is -2.31. The van der Waals surface area contributed by atoms with Crippen molar-refractivity contribution in [3.63, 3.8) is 0 Å². The summed E-state index contributed by atoms with van der Waals surface area (Å²) >= 11 is 0. The number of hydrogen-bond acceptors (Lipinski definition) is 5. The van der Waals surface area contributed by atoms with E-state index < -0.39 is 12.3 Å². The van der Waals surface area contributed by atoms with Crippen LogP contribution in [0.2, 0.25) is 0 Å².